The van der Waals surface area contributed by atoms with Crippen LogP contribution in [0.5, 0.6) is 0 Å². The zero-order chi connectivity index (χ0) is 14.2. The molecule has 0 saturated carbocycles. The molecule has 0 unspecified atom stereocenters. The summed E-state index contributed by atoms with van der Waals surface area (Å²) in [7, 11) is 1.63. The van der Waals surface area contributed by atoms with E-state index < -0.39 is 16.8 Å². The minimum Gasteiger partial charge on any atom is -0.345 e. The third-order valence-corrected chi connectivity index (χ3v) is 3.20. The lowest BCUT2D eigenvalue weighted by atomic mass is 10.0. The smallest absolute Gasteiger partial charge is 0.294 e. The normalized spacial score (nSPS) is 10.5. The van der Waals surface area contributed by atoms with E-state index >= 15 is 0 Å². The minimum atomic E-state index is -1.08. The largest absolute Gasteiger partial charge is 0.345 e. The number of hydrogen-bond acceptors (Lipinski definition) is 2. The van der Waals surface area contributed by atoms with E-state index in [4.69, 9.17) is 11.6 Å². The number of carbonyl (C=O) groups is 2. The molecule has 98 valence electrons. The summed E-state index contributed by atoms with van der Waals surface area (Å²) < 4.78 is 15.4. The Hall–Kier alpha value is -1.94. The van der Waals surface area contributed by atoms with Gasteiger partial charge in [-0.1, -0.05) is 18.2 Å². The van der Waals surface area contributed by atoms with Gasteiger partial charge in [-0.2, -0.15) is 0 Å². The molecular formula is C14H11ClFNO2. The lowest BCUT2D eigenvalue weighted by Crippen LogP contribution is -2.14. The Morgan fingerprint density at radius 1 is 1.21 bits per heavy atom. The second-order valence-corrected chi connectivity index (χ2v) is 4.53. The summed E-state index contributed by atoms with van der Waals surface area (Å²) >= 11 is 5.25. The molecule has 0 aliphatic carbocycles. The summed E-state index contributed by atoms with van der Waals surface area (Å²) in [5.41, 5.74) is 1.48. The van der Waals surface area contributed by atoms with Crippen molar-refractivity contribution >= 4 is 22.6 Å². The first-order chi connectivity index (χ1) is 8.93. The predicted molar refractivity (Wildman–Crippen MR) is 70.7 cm³/mol. The molecule has 0 aliphatic heterocycles. The molecule has 0 aliphatic rings. The molecule has 2 rings (SSSR count). The average molecular weight is 280 g/mol. The Morgan fingerprint density at radius 3 is 2.42 bits per heavy atom. The fourth-order valence-electron chi connectivity index (χ4n) is 1.98. The van der Waals surface area contributed by atoms with Gasteiger partial charge in [-0.25, -0.2) is 4.39 Å². The summed E-state index contributed by atoms with van der Waals surface area (Å²) in [5.74, 6) is -1.29. The van der Waals surface area contributed by atoms with Crippen LogP contribution in [0, 0.1) is 12.7 Å². The molecule has 5 heteroatoms. The monoisotopic (exact) mass is 279 g/mol. The maximum Gasteiger partial charge on any atom is 0.294 e. The number of Topliss-reactive ketones (excluding diaryl/α,β-unsaturated/α-hetero) is 1. The molecular weight excluding hydrogens is 269 g/mol. The van der Waals surface area contributed by atoms with Crippen LogP contribution in [0.3, 0.4) is 0 Å². The van der Waals surface area contributed by atoms with Crippen molar-refractivity contribution in [2.45, 2.75) is 6.92 Å². The molecule has 1 aromatic heterocycles. The fraction of sp³-hybridized carbons (Fsp3) is 0.143. The van der Waals surface area contributed by atoms with Crippen molar-refractivity contribution in [1.29, 1.82) is 0 Å². The highest BCUT2D eigenvalue weighted by molar-refractivity contribution is 6.83. The van der Waals surface area contributed by atoms with E-state index in [1.807, 2.05) is 0 Å². The van der Waals surface area contributed by atoms with Crippen LogP contribution in [0.2, 0.25) is 0 Å². The van der Waals surface area contributed by atoms with Gasteiger partial charge < -0.3 is 4.57 Å². The van der Waals surface area contributed by atoms with Crippen LogP contribution in [-0.2, 0) is 11.8 Å². The number of halogens is 2. The summed E-state index contributed by atoms with van der Waals surface area (Å²) in [5, 5.41) is -1.08. The van der Waals surface area contributed by atoms with Crippen LogP contribution in [0.25, 0.3) is 11.1 Å². The Bertz CT molecular complexity index is 676. The highest BCUT2D eigenvalue weighted by atomic mass is 35.5. The molecule has 1 aromatic carbocycles. The van der Waals surface area contributed by atoms with Crippen molar-refractivity contribution in [3.63, 3.8) is 0 Å². The first-order valence-corrected chi connectivity index (χ1v) is 5.96. The third-order valence-electron chi connectivity index (χ3n) is 3.03. The number of ketones is 1. The average Bonchev–Trinajstić information content (AvgIpc) is 2.65. The summed E-state index contributed by atoms with van der Waals surface area (Å²) in [6, 6.07) is 7.74. The fourth-order valence-corrected chi connectivity index (χ4v) is 2.07. The third kappa shape index (κ3) is 2.31. The van der Waals surface area contributed by atoms with Crippen molar-refractivity contribution < 1.29 is 14.0 Å². The summed E-state index contributed by atoms with van der Waals surface area (Å²) in [6.07, 6.45) is 0. The zero-order valence-corrected chi connectivity index (χ0v) is 11.2. The number of aromatic nitrogens is 1. The van der Waals surface area contributed by atoms with Gasteiger partial charge in [-0.3, -0.25) is 9.59 Å². The van der Waals surface area contributed by atoms with Gasteiger partial charge in [0.05, 0.1) is 0 Å². The number of hydrogen-bond donors (Lipinski definition) is 0. The first kappa shape index (κ1) is 13.5. The maximum atomic E-state index is 13.8. The van der Waals surface area contributed by atoms with Gasteiger partial charge in [0.1, 0.15) is 11.5 Å². The molecule has 0 fully saturated rings. The Kier molecular flexibility index (Phi) is 3.53. The number of benzene rings is 1. The van der Waals surface area contributed by atoms with Gasteiger partial charge in [0.15, 0.2) is 0 Å². The van der Waals surface area contributed by atoms with E-state index in [1.165, 1.54) is 10.6 Å². The van der Waals surface area contributed by atoms with E-state index in [1.54, 1.807) is 38.2 Å². The standard InChI is InChI=1S/C14H11ClFNO2/c1-8-7-10(9-5-3-4-6-11(9)16)12(17(8)2)13(18)14(15)19/h3-7H,1-2H3. The molecule has 1 heterocycles. The number of carbonyl (C=O) groups excluding carboxylic acids is 2. The van der Waals surface area contributed by atoms with Crippen LogP contribution in [0.15, 0.2) is 30.3 Å². The molecule has 0 N–H and O–H groups in total. The van der Waals surface area contributed by atoms with Gasteiger partial charge in [-0.15, -0.1) is 0 Å². The minimum absolute atomic E-state index is 0.0996. The summed E-state index contributed by atoms with van der Waals surface area (Å²) in [4.78, 5) is 22.9. The Labute approximate surface area is 114 Å². The Morgan fingerprint density at radius 2 is 1.84 bits per heavy atom. The topological polar surface area (TPSA) is 39.1 Å². The van der Waals surface area contributed by atoms with E-state index in [0.717, 1.165) is 5.69 Å². The highest BCUT2D eigenvalue weighted by Crippen LogP contribution is 2.29. The van der Waals surface area contributed by atoms with Crippen LogP contribution < -0.4 is 0 Å². The van der Waals surface area contributed by atoms with Crippen molar-refractivity contribution in [3.05, 3.63) is 47.5 Å². The lowest BCUT2D eigenvalue weighted by Gasteiger charge is -2.06. The van der Waals surface area contributed by atoms with Crippen molar-refractivity contribution in [1.82, 2.24) is 4.57 Å². The second kappa shape index (κ2) is 4.97. The predicted octanol–water partition coefficient (Wildman–Crippen LogP) is 3.09. The van der Waals surface area contributed by atoms with E-state index in [0.29, 0.717) is 5.56 Å². The van der Waals surface area contributed by atoms with Crippen LogP contribution >= 0.6 is 11.6 Å². The molecule has 0 amide bonds. The molecule has 0 bridgehead atoms. The Balaban J connectivity index is 2.72. The molecule has 0 saturated heterocycles. The van der Waals surface area contributed by atoms with E-state index in [2.05, 4.69) is 0 Å². The van der Waals surface area contributed by atoms with Crippen LogP contribution in [0.4, 0.5) is 4.39 Å². The van der Waals surface area contributed by atoms with E-state index in [-0.39, 0.29) is 11.3 Å². The van der Waals surface area contributed by atoms with Gasteiger partial charge in [0, 0.05) is 23.9 Å². The molecule has 19 heavy (non-hydrogen) atoms. The zero-order valence-electron chi connectivity index (χ0n) is 10.4. The quantitative estimate of drug-likeness (QED) is 0.492. The molecule has 3 nitrogen and oxygen atoms in total. The SMILES string of the molecule is Cc1cc(-c2ccccc2F)c(C(=O)C(=O)Cl)n1C. The molecule has 0 spiro atoms. The van der Waals surface area contributed by atoms with Crippen molar-refractivity contribution in [2.75, 3.05) is 0 Å². The maximum absolute atomic E-state index is 13.8. The second-order valence-electron chi connectivity index (χ2n) is 4.19. The van der Waals surface area contributed by atoms with E-state index in [9.17, 15) is 14.0 Å². The van der Waals surface area contributed by atoms with Gasteiger partial charge in [0.25, 0.3) is 11.0 Å². The highest BCUT2D eigenvalue weighted by Gasteiger charge is 2.24. The first-order valence-electron chi connectivity index (χ1n) is 5.59. The van der Waals surface area contributed by atoms with Gasteiger partial charge in [-0.05, 0) is 30.7 Å². The van der Waals surface area contributed by atoms with Crippen LogP contribution in [0.1, 0.15) is 16.2 Å². The summed E-state index contributed by atoms with van der Waals surface area (Å²) in [6.45, 7) is 1.76. The van der Waals surface area contributed by atoms with Crippen molar-refractivity contribution in [2.24, 2.45) is 7.05 Å². The molecule has 0 atom stereocenters. The van der Waals surface area contributed by atoms with Gasteiger partial charge >= 0.3 is 0 Å². The number of rotatable bonds is 3. The number of nitrogens with zero attached hydrogens (tertiary/aromatic N) is 1. The lowest BCUT2D eigenvalue weighted by molar-refractivity contribution is -0.108. The van der Waals surface area contributed by atoms with Crippen LogP contribution in [-0.4, -0.2) is 15.6 Å². The molecule has 0 radical (unpaired) electrons. The van der Waals surface area contributed by atoms with Crippen molar-refractivity contribution in [3.8, 4) is 11.1 Å². The number of aryl methyl sites for hydroxylation is 1. The molecule has 2 aromatic rings. The van der Waals surface area contributed by atoms with Gasteiger partial charge in [0.2, 0.25) is 0 Å².